The van der Waals surface area contributed by atoms with Gasteiger partial charge in [0.05, 0.1) is 24.2 Å². The number of methoxy groups -OCH3 is 1. The normalized spacial score (nSPS) is 16.5. The van der Waals surface area contributed by atoms with Crippen LogP contribution in [0.2, 0.25) is 0 Å². The standard InChI is InChI=1S/C27H34N6O3/c1-19-9-7-11-22-25(19)33(27(29-22)30-26(35)20-13-14-28-23(17-20)36-4)21-10-5-6-16-32(18-21)24(34)12-8-15-31(2)3/h7-9,11-14,17,21H,5-6,10,15-16,18H2,1-4H3,(H,29,30,35)/t21-/m1/s1. The van der Waals surface area contributed by atoms with E-state index >= 15 is 0 Å². The molecule has 0 bridgehead atoms. The number of anilines is 1. The van der Waals surface area contributed by atoms with Gasteiger partial charge in [0, 0.05) is 43.5 Å². The number of carbonyl (C=O) groups excluding carboxylic acids is 2. The van der Waals surface area contributed by atoms with Crippen LogP contribution in [0.3, 0.4) is 0 Å². The van der Waals surface area contributed by atoms with Crippen molar-refractivity contribution in [2.24, 2.45) is 0 Å². The molecule has 3 aromatic rings. The van der Waals surface area contributed by atoms with Crippen molar-refractivity contribution < 1.29 is 14.3 Å². The smallest absolute Gasteiger partial charge is 0.258 e. The number of fused-ring (bicyclic) bond motifs is 1. The van der Waals surface area contributed by atoms with Crippen molar-refractivity contribution in [1.82, 2.24) is 24.3 Å². The maximum absolute atomic E-state index is 13.2. The summed E-state index contributed by atoms with van der Waals surface area (Å²) in [7, 11) is 5.46. The number of benzene rings is 1. The van der Waals surface area contributed by atoms with E-state index in [1.165, 1.54) is 7.11 Å². The summed E-state index contributed by atoms with van der Waals surface area (Å²) < 4.78 is 7.28. The lowest BCUT2D eigenvalue weighted by Crippen LogP contribution is -2.35. The van der Waals surface area contributed by atoms with E-state index in [1.54, 1.807) is 24.4 Å². The number of hydrogen-bond acceptors (Lipinski definition) is 6. The van der Waals surface area contributed by atoms with Crippen LogP contribution < -0.4 is 10.1 Å². The molecule has 1 aliphatic rings. The molecule has 0 aliphatic carbocycles. The first kappa shape index (κ1) is 25.4. The van der Waals surface area contributed by atoms with Crippen molar-refractivity contribution in [2.75, 3.05) is 46.2 Å². The minimum Gasteiger partial charge on any atom is -0.481 e. The van der Waals surface area contributed by atoms with Gasteiger partial charge in [-0.25, -0.2) is 9.97 Å². The average Bonchev–Trinajstić information content (AvgIpc) is 3.05. The summed E-state index contributed by atoms with van der Waals surface area (Å²) >= 11 is 0. The first-order chi connectivity index (χ1) is 17.4. The van der Waals surface area contributed by atoms with Gasteiger partial charge in [-0.05, 0) is 58.0 Å². The summed E-state index contributed by atoms with van der Waals surface area (Å²) in [6, 6.07) is 9.18. The van der Waals surface area contributed by atoms with Crippen LogP contribution in [0.15, 0.2) is 48.7 Å². The Balaban J connectivity index is 1.67. The predicted molar refractivity (Wildman–Crippen MR) is 140 cm³/mol. The molecule has 0 spiro atoms. The van der Waals surface area contributed by atoms with Crippen LogP contribution in [0.5, 0.6) is 5.88 Å². The van der Waals surface area contributed by atoms with Gasteiger partial charge in [-0.1, -0.05) is 18.2 Å². The highest BCUT2D eigenvalue weighted by atomic mass is 16.5. The third-order valence-corrected chi connectivity index (χ3v) is 6.40. The number of nitrogens with zero attached hydrogens (tertiary/aromatic N) is 5. The number of carbonyl (C=O) groups is 2. The first-order valence-electron chi connectivity index (χ1n) is 12.3. The number of pyridine rings is 1. The molecule has 2 aromatic heterocycles. The van der Waals surface area contributed by atoms with Gasteiger partial charge in [0.2, 0.25) is 17.7 Å². The summed E-state index contributed by atoms with van der Waals surface area (Å²) in [4.78, 5) is 39.0. The molecule has 36 heavy (non-hydrogen) atoms. The van der Waals surface area contributed by atoms with Crippen LogP contribution in [0, 0.1) is 6.92 Å². The second kappa shape index (κ2) is 11.3. The number of imidazole rings is 1. The van der Waals surface area contributed by atoms with Gasteiger partial charge in [0.1, 0.15) is 0 Å². The number of amides is 2. The summed E-state index contributed by atoms with van der Waals surface area (Å²) in [6.07, 6.45) is 7.91. The van der Waals surface area contributed by atoms with Crippen molar-refractivity contribution in [3.05, 3.63) is 59.8 Å². The fourth-order valence-corrected chi connectivity index (χ4v) is 4.60. The van der Waals surface area contributed by atoms with E-state index in [0.29, 0.717) is 37.0 Å². The molecule has 0 unspecified atom stereocenters. The second-order valence-electron chi connectivity index (χ2n) is 9.39. The van der Waals surface area contributed by atoms with E-state index in [2.05, 4.69) is 14.9 Å². The van der Waals surface area contributed by atoms with Crippen LogP contribution in [0.4, 0.5) is 5.95 Å². The summed E-state index contributed by atoms with van der Waals surface area (Å²) in [5.74, 6) is 0.562. The topological polar surface area (TPSA) is 92.6 Å². The maximum Gasteiger partial charge on any atom is 0.258 e. The lowest BCUT2D eigenvalue weighted by molar-refractivity contribution is -0.126. The molecule has 2 amide bonds. The molecule has 0 saturated carbocycles. The Morgan fingerprint density at radius 2 is 2.08 bits per heavy atom. The number of hydrogen-bond donors (Lipinski definition) is 1. The summed E-state index contributed by atoms with van der Waals surface area (Å²) in [6.45, 7) is 4.02. The van der Waals surface area contributed by atoms with Gasteiger partial charge >= 0.3 is 0 Å². The van der Waals surface area contributed by atoms with Crippen molar-refractivity contribution in [3.8, 4) is 5.88 Å². The van der Waals surface area contributed by atoms with Crippen molar-refractivity contribution in [1.29, 1.82) is 0 Å². The minimum absolute atomic E-state index is 0.0133. The van der Waals surface area contributed by atoms with Crippen LogP contribution >= 0.6 is 0 Å². The minimum atomic E-state index is -0.293. The van der Waals surface area contributed by atoms with Crippen LogP contribution in [0.25, 0.3) is 11.0 Å². The van der Waals surface area contributed by atoms with E-state index in [1.807, 2.05) is 55.1 Å². The van der Waals surface area contributed by atoms with Crippen molar-refractivity contribution in [2.45, 2.75) is 32.2 Å². The quantitative estimate of drug-likeness (QED) is 0.508. The Hall–Kier alpha value is -3.72. The number of para-hydroxylation sites is 1. The number of ether oxygens (including phenoxy) is 1. The molecule has 9 heteroatoms. The maximum atomic E-state index is 13.2. The zero-order chi connectivity index (χ0) is 25.7. The van der Waals surface area contributed by atoms with Gasteiger partial charge in [-0.15, -0.1) is 0 Å². The molecule has 1 saturated heterocycles. The molecule has 3 heterocycles. The molecule has 190 valence electrons. The number of rotatable bonds is 7. The Morgan fingerprint density at radius 3 is 2.86 bits per heavy atom. The van der Waals surface area contributed by atoms with Crippen molar-refractivity contribution >= 4 is 28.8 Å². The van der Waals surface area contributed by atoms with Crippen LogP contribution in [-0.2, 0) is 4.79 Å². The van der Waals surface area contributed by atoms with Gasteiger partial charge in [0.15, 0.2) is 0 Å². The molecule has 1 atom stereocenters. The fraction of sp³-hybridized carbons (Fsp3) is 0.407. The number of nitrogens with one attached hydrogen (secondary N) is 1. The summed E-state index contributed by atoms with van der Waals surface area (Å²) in [5.41, 5.74) is 3.29. The predicted octanol–water partition coefficient (Wildman–Crippen LogP) is 3.67. The average molecular weight is 491 g/mol. The van der Waals surface area contributed by atoms with Crippen LogP contribution in [-0.4, -0.2) is 77.0 Å². The van der Waals surface area contributed by atoms with E-state index in [0.717, 1.165) is 35.9 Å². The molecule has 0 radical (unpaired) electrons. The van der Waals surface area contributed by atoms with Gasteiger partial charge < -0.3 is 19.1 Å². The lowest BCUT2D eigenvalue weighted by atomic mass is 10.1. The molecular weight excluding hydrogens is 456 g/mol. The molecule has 1 aliphatic heterocycles. The zero-order valence-electron chi connectivity index (χ0n) is 21.4. The summed E-state index contributed by atoms with van der Waals surface area (Å²) in [5, 5.41) is 3.01. The van der Waals surface area contributed by atoms with E-state index in [-0.39, 0.29) is 17.9 Å². The molecule has 1 N–H and O–H groups in total. The Bertz CT molecular complexity index is 1270. The third kappa shape index (κ3) is 5.73. The number of likely N-dealkylation sites (tertiary alicyclic amines) is 1. The van der Waals surface area contributed by atoms with E-state index in [9.17, 15) is 9.59 Å². The number of likely N-dealkylation sites (N-methyl/N-ethyl adjacent to an activating group) is 1. The number of aryl methyl sites for hydroxylation is 1. The third-order valence-electron chi connectivity index (χ3n) is 6.40. The van der Waals surface area contributed by atoms with Crippen molar-refractivity contribution in [3.63, 3.8) is 0 Å². The number of aromatic nitrogens is 3. The van der Waals surface area contributed by atoms with Crippen LogP contribution in [0.1, 0.15) is 41.2 Å². The Labute approximate surface area is 211 Å². The fourth-order valence-electron chi connectivity index (χ4n) is 4.60. The largest absolute Gasteiger partial charge is 0.481 e. The van der Waals surface area contributed by atoms with E-state index < -0.39 is 0 Å². The molecule has 1 aromatic carbocycles. The second-order valence-corrected chi connectivity index (χ2v) is 9.39. The SMILES string of the molecule is COc1cc(C(=O)Nc2nc3cccc(C)c3n2[C@@H]2CCCCN(C(=O)C=CCN(C)C)C2)ccn1. The molecular formula is C27H34N6O3. The Morgan fingerprint density at radius 1 is 1.25 bits per heavy atom. The van der Waals surface area contributed by atoms with Gasteiger partial charge in [-0.2, -0.15) is 0 Å². The lowest BCUT2D eigenvalue weighted by Gasteiger charge is -2.26. The highest BCUT2D eigenvalue weighted by Gasteiger charge is 2.27. The highest BCUT2D eigenvalue weighted by Crippen LogP contribution is 2.32. The Kier molecular flexibility index (Phi) is 8.00. The molecule has 9 nitrogen and oxygen atoms in total. The molecule has 4 rings (SSSR count). The monoisotopic (exact) mass is 490 g/mol. The van der Waals surface area contributed by atoms with Gasteiger partial charge in [-0.3, -0.25) is 14.9 Å². The molecule has 1 fully saturated rings. The van der Waals surface area contributed by atoms with Gasteiger partial charge in [0.25, 0.3) is 5.91 Å². The van der Waals surface area contributed by atoms with E-state index in [4.69, 9.17) is 9.72 Å². The zero-order valence-corrected chi connectivity index (χ0v) is 21.4. The first-order valence-corrected chi connectivity index (χ1v) is 12.3. The highest BCUT2D eigenvalue weighted by molar-refractivity contribution is 6.04.